The first-order valence-electron chi connectivity index (χ1n) is 8.45. The van der Waals surface area contributed by atoms with Crippen molar-refractivity contribution in [3.63, 3.8) is 0 Å². The molecule has 1 amide bonds. The van der Waals surface area contributed by atoms with Gasteiger partial charge in [0.25, 0.3) is 0 Å². The van der Waals surface area contributed by atoms with Crippen LogP contribution in [0.2, 0.25) is 0 Å². The molecule has 2 saturated carbocycles. The van der Waals surface area contributed by atoms with Crippen molar-refractivity contribution in [2.75, 3.05) is 6.54 Å². The number of amides is 1. The van der Waals surface area contributed by atoms with E-state index in [0.717, 1.165) is 49.9 Å². The van der Waals surface area contributed by atoms with Crippen molar-refractivity contribution in [3.05, 3.63) is 12.2 Å². The number of H-pyrrole nitrogens is 1. The van der Waals surface area contributed by atoms with Crippen molar-refractivity contribution in [2.24, 2.45) is 17.8 Å². The Labute approximate surface area is 126 Å². The zero-order valence-electron chi connectivity index (χ0n) is 12.7. The summed E-state index contributed by atoms with van der Waals surface area (Å²) in [5.41, 5.74) is 0. The standard InChI is InChI=1S/C16H26N4O/c21-16(17-9-3-6-15-18-11-19-20-15)14-8-7-12-4-1-2-5-13(12)10-14/h11-14H,1-10H2,(H,17,21)(H,18,19,20). The van der Waals surface area contributed by atoms with E-state index in [1.54, 1.807) is 0 Å². The number of aromatic nitrogens is 3. The first kappa shape index (κ1) is 14.5. The predicted molar refractivity (Wildman–Crippen MR) is 80.5 cm³/mol. The van der Waals surface area contributed by atoms with E-state index in [2.05, 4.69) is 20.5 Å². The summed E-state index contributed by atoms with van der Waals surface area (Å²) in [5, 5.41) is 9.78. The van der Waals surface area contributed by atoms with Crippen LogP contribution in [0.3, 0.4) is 0 Å². The molecule has 1 heterocycles. The smallest absolute Gasteiger partial charge is 0.223 e. The molecular weight excluding hydrogens is 264 g/mol. The van der Waals surface area contributed by atoms with E-state index in [-0.39, 0.29) is 11.8 Å². The largest absolute Gasteiger partial charge is 0.356 e. The van der Waals surface area contributed by atoms with Gasteiger partial charge in [-0.25, -0.2) is 4.98 Å². The number of nitrogens with one attached hydrogen (secondary N) is 2. The van der Waals surface area contributed by atoms with Crippen molar-refractivity contribution < 1.29 is 4.79 Å². The van der Waals surface area contributed by atoms with Crippen LogP contribution in [-0.4, -0.2) is 27.6 Å². The molecule has 116 valence electrons. The van der Waals surface area contributed by atoms with Crippen molar-refractivity contribution in [3.8, 4) is 0 Å². The van der Waals surface area contributed by atoms with E-state index in [1.807, 2.05) is 0 Å². The van der Waals surface area contributed by atoms with Gasteiger partial charge in [-0.05, 0) is 37.5 Å². The van der Waals surface area contributed by atoms with Crippen LogP contribution in [0.1, 0.15) is 57.2 Å². The molecule has 3 rings (SSSR count). The number of aryl methyl sites for hydroxylation is 1. The first-order valence-corrected chi connectivity index (χ1v) is 8.45. The molecule has 3 atom stereocenters. The van der Waals surface area contributed by atoms with E-state index >= 15 is 0 Å². The second kappa shape index (κ2) is 7.05. The maximum atomic E-state index is 12.3. The Kier molecular flexibility index (Phi) is 4.88. The second-order valence-electron chi connectivity index (χ2n) is 6.64. The predicted octanol–water partition coefficient (Wildman–Crippen LogP) is 2.46. The molecule has 5 nitrogen and oxygen atoms in total. The van der Waals surface area contributed by atoms with Crippen LogP contribution in [0.25, 0.3) is 0 Å². The van der Waals surface area contributed by atoms with E-state index in [9.17, 15) is 4.79 Å². The number of rotatable bonds is 5. The first-order chi connectivity index (χ1) is 10.3. The van der Waals surface area contributed by atoms with Crippen LogP contribution in [0.15, 0.2) is 6.33 Å². The lowest BCUT2D eigenvalue weighted by molar-refractivity contribution is -0.127. The van der Waals surface area contributed by atoms with Gasteiger partial charge in [-0.15, -0.1) is 0 Å². The highest BCUT2D eigenvalue weighted by Crippen LogP contribution is 2.42. The van der Waals surface area contributed by atoms with Gasteiger partial charge < -0.3 is 5.32 Å². The Hall–Kier alpha value is -1.39. The number of hydrogen-bond acceptors (Lipinski definition) is 3. The van der Waals surface area contributed by atoms with E-state index < -0.39 is 0 Å². The van der Waals surface area contributed by atoms with Gasteiger partial charge in [-0.3, -0.25) is 9.89 Å². The Morgan fingerprint density at radius 1 is 1.24 bits per heavy atom. The van der Waals surface area contributed by atoms with Gasteiger partial charge in [0.05, 0.1) is 0 Å². The normalized spacial score (nSPS) is 28.9. The molecule has 2 fully saturated rings. The molecule has 21 heavy (non-hydrogen) atoms. The second-order valence-corrected chi connectivity index (χ2v) is 6.64. The summed E-state index contributed by atoms with van der Waals surface area (Å²) in [5.74, 6) is 3.16. The third kappa shape index (κ3) is 3.83. The number of nitrogens with zero attached hydrogens (tertiary/aromatic N) is 2. The molecule has 2 aliphatic carbocycles. The van der Waals surface area contributed by atoms with Crippen molar-refractivity contribution in [1.29, 1.82) is 0 Å². The minimum Gasteiger partial charge on any atom is -0.356 e. The van der Waals surface area contributed by atoms with Crippen LogP contribution < -0.4 is 5.32 Å². The molecule has 2 N–H and O–H groups in total. The molecule has 0 aliphatic heterocycles. The summed E-state index contributed by atoms with van der Waals surface area (Å²) in [6.07, 6.45) is 12.3. The van der Waals surface area contributed by atoms with Crippen LogP contribution in [0.4, 0.5) is 0 Å². The van der Waals surface area contributed by atoms with Gasteiger partial charge in [0.15, 0.2) is 0 Å². The maximum absolute atomic E-state index is 12.3. The van der Waals surface area contributed by atoms with Crippen LogP contribution >= 0.6 is 0 Å². The average molecular weight is 290 g/mol. The number of carbonyl (C=O) groups is 1. The molecule has 0 bridgehead atoms. The van der Waals surface area contributed by atoms with Gasteiger partial charge >= 0.3 is 0 Å². The van der Waals surface area contributed by atoms with Gasteiger partial charge in [-0.2, -0.15) is 5.10 Å². The highest BCUT2D eigenvalue weighted by atomic mass is 16.1. The minimum absolute atomic E-state index is 0.259. The lowest BCUT2D eigenvalue weighted by Crippen LogP contribution is -2.37. The molecule has 1 aromatic heterocycles. The van der Waals surface area contributed by atoms with Gasteiger partial charge in [0.1, 0.15) is 12.2 Å². The molecule has 1 aromatic rings. The molecular formula is C16H26N4O. The van der Waals surface area contributed by atoms with E-state index in [1.165, 1.54) is 38.4 Å². The molecule has 0 spiro atoms. The number of aromatic amines is 1. The average Bonchev–Trinajstić information content (AvgIpc) is 3.04. The molecule has 5 heteroatoms. The maximum Gasteiger partial charge on any atom is 0.223 e. The highest BCUT2D eigenvalue weighted by molar-refractivity contribution is 5.78. The number of carbonyl (C=O) groups excluding carboxylic acids is 1. The van der Waals surface area contributed by atoms with Crippen LogP contribution in [0.5, 0.6) is 0 Å². The van der Waals surface area contributed by atoms with Crippen LogP contribution in [0, 0.1) is 17.8 Å². The summed E-state index contributed by atoms with van der Waals surface area (Å²) in [6.45, 7) is 0.740. The number of hydrogen-bond donors (Lipinski definition) is 2. The zero-order chi connectivity index (χ0) is 14.5. The highest BCUT2D eigenvalue weighted by Gasteiger charge is 2.34. The van der Waals surface area contributed by atoms with Gasteiger partial charge in [0, 0.05) is 18.9 Å². The zero-order valence-corrected chi connectivity index (χ0v) is 12.7. The lowest BCUT2D eigenvalue weighted by atomic mass is 9.67. The van der Waals surface area contributed by atoms with Gasteiger partial charge in [-0.1, -0.05) is 25.7 Å². The fraction of sp³-hybridized carbons (Fsp3) is 0.812. The molecule has 3 unspecified atom stereocenters. The van der Waals surface area contributed by atoms with Crippen molar-refractivity contribution >= 4 is 5.91 Å². The molecule has 0 saturated heterocycles. The molecule has 0 radical (unpaired) electrons. The van der Waals surface area contributed by atoms with E-state index in [4.69, 9.17) is 0 Å². The fourth-order valence-corrected chi connectivity index (χ4v) is 4.07. The quantitative estimate of drug-likeness (QED) is 0.818. The Morgan fingerprint density at radius 3 is 2.90 bits per heavy atom. The lowest BCUT2D eigenvalue weighted by Gasteiger charge is -2.38. The van der Waals surface area contributed by atoms with Crippen LogP contribution in [-0.2, 0) is 11.2 Å². The minimum atomic E-state index is 0.259. The Balaban J connectivity index is 1.37. The van der Waals surface area contributed by atoms with Crippen molar-refractivity contribution in [2.45, 2.75) is 57.8 Å². The topological polar surface area (TPSA) is 70.7 Å². The third-order valence-electron chi connectivity index (χ3n) is 5.26. The monoisotopic (exact) mass is 290 g/mol. The summed E-state index contributed by atoms with van der Waals surface area (Å²) in [6, 6.07) is 0. The summed E-state index contributed by atoms with van der Waals surface area (Å²) in [7, 11) is 0. The Morgan fingerprint density at radius 2 is 2.10 bits per heavy atom. The van der Waals surface area contributed by atoms with E-state index in [0.29, 0.717) is 0 Å². The van der Waals surface area contributed by atoms with Crippen molar-refractivity contribution in [1.82, 2.24) is 20.5 Å². The summed E-state index contributed by atoms with van der Waals surface area (Å²) >= 11 is 0. The molecule has 0 aromatic carbocycles. The number of fused-ring (bicyclic) bond motifs is 1. The Bertz CT molecular complexity index is 445. The van der Waals surface area contributed by atoms with Gasteiger partial charge in [0.2, 0.25) is 5.91 Å². The fourth-order valence-electron chi connectivity index (χ4n) is 4.07. The molecule has 2 aliphatic rings. The summed E-state index contributed by atoms with van der Waals surface area (Å²) in [4.78, 5) is 16.4. The SMILES string of the molecule is O=C(NCCCc1ncn[nH]1)C1CCC2CCCCC2C1. The summed E-state index contributed by atoms with van der Waals surface area (Å²) < 4.78 is 0. The third-order valence-corrected chi connectivity index (χ3v) is 5.26.